The maximum Gasteiger partial charge on any atom is 0.260 e. The molecular formula is C19H23FN4O2. The Bertz CT molecular complexity index is 703. The van der Waals surface area contributed by atoms with Crippen LogP contribution in [-0.4, -0.2) is 48.0 Å². The van der Waals surface area contributed by atoms with Gasteiger partial charge in [0.05, 0.1) is 6.04 Å². The van der Waals surface area contributed by atoms with Gasteiger partial charge >= 0.3 is 0 Å². The summed E-state index contributed by atoms with van der Waals surface area (Å²) >= 11 is 0. The fourth-order valence-corrected chi connectivity index (χ4v) is 2.94. The number of benzene rings is 1. The molecule has 0 spiro atoms. The van der Waals surface area contributed by atoms with Crippen molar-refractivity contribution in [3.05, 3.63) is 60.2 Å². The van der Waals surface area contributed by atoms with Gasteiger partial charge < -0.3 is 4.90 Å². The fraction of sp³-hybridized carbons (Fsp3) is 0.368. The predicted molar refractivity (Wildman–Crippen MR) is 96.8 cm³/mol. The third-order valence-electron chi connectivity index (χ3n) is 4.57. The van der Waals surface area contributed by atoms with Crippen LogP contribution in [0.2, 0.25) is 0 Å². The van der Waals surface area contributed by atoms with Crippen molar-refractivity contribution in [3.63, 3.8) is 0 Å². The molecule has 1 aliphatic rings. The lowest BCUT2D eigenvalue weighted by Gasteiger charge is -2.38. The summed E-state index contributed by atoms with van der Waals surface area (Å²) in [6.07, 6.45) is 3.39. The van der Waals surface area contributed by atoms with Gasteiger partial charge in [0.15, 0.2) is 0 Å². The van der Waals surface area contributed by atoms with Crippen LogP contribution < -0.4 is 10.4 Å². The van der Waals surface area contributed by atoms with Gasteiger partial charge in [0.2, 0.25) is 0 Å². The van der Waals surface area contributed by atoms with Gasteiger partial charge in [-0.1, -0.05) is 6.07 Å². The molecule has 1 aromatic heterocycles. The van der Waals surface area contributed by atoms with Crippen molar-refractivity contribution < 1.29 is 14.0 Å². The average molecular weight is 358 g/mol. The molecule has 2 aromatic rings. The lowest BCUT2D eigenvalue weighted by atomic mass is 10.2. The summed E-state index contributed by atoms with van der Waals surface area (Å²) in [4.78, 5) is 25.9. The van der Waals surface area contributed by atoms with Crippen molar-refractivity contribution in [2.45, 2.75) is 19.6 Å². The molecule has 0 saturated carbocycles. The van der Waals surface area contributed by atoms with Crippen LogP contribution in [0.4, 0.5) is 10.1 Å². The Kier molecular flexibility index (Phi) is 6.14. The SMILES string of the molecule is C[C@@H](C(=O)NOCc1cccnc1)N1CCN(c2ccc(F)cc2)CC1. The number of hydrogen-bond donors (Lipinski definition) is 1. The number of nitrogens with one attached hydrogen (secondary N) is 1. The summed E-state index contributed by atoms with van der Waals surface area (Å²) in [6, 6.07) is 9.94. The van der Waals surface area contributed by atoms with E-state index in [-0.39, 0.29) is 24.4 Å². The second-order valence-electron chi connectivity index (χ2n) is 6.29. The first-order valence-electron chi connectivity index (χ1n) is 8.68. The van der Waals surface area contributed by atoms with Crippen LogP contribution in [0.25, 0.3) is 0 Å². The molecule has 7 heteroatoms. The molecule has 1 N–H and O–H groups in total. The topological polar surface area (TPSA) is 57.7 Å². The number of amides is 1. The number of carbonyl (C=O) groups excluding carboxylic acids is 1. The molecular weight excluding hydrogens is 335 g/mol. The Hall–Kier alpha value is -2.51. The van der Waals surface area contributed by atoms with E-state index < -0.39 is 0 Å². The number of rotatable bonds is 6. The van der Waals surface area contributed by atoms with E-state index in [1.54, 1.807) is 24.5 Å². The second-order valence-corrected chi connectivity index (χ2v) is 6.29. The Balaban J connectivity index is 1.43. The molecule has 1 fully saturated rings. The molecule has 0 unspecified atom stereocenters. The van der Waals surface area contributed by atoms with Crippen LogP contribution in [0.5, 0.6) is 0 Å². The lowest BCUT2D eigenvalue weighted by molar-refractivity contribution is -0.139. The van der Waals surface area contributed by atoms with E-state index in [4.69, 9.17) is 4.84 Å². The minimum atomic E-state index is -0.278. The van der Waals surface area contributed by atoms with Gasteiger partial charge in [-0.3, -0.25) is 19.5 Å². The van der Waals surface area contributed by atoms with E-state index in [1.165, 1.54) is 12.1 Å². The van der Waals surface area contributed by atoms with Crippen molar-refractivity contribution >= 4 is 11.6 Å². The molecule has 0 aliphatic carbocycles. The molecule has 1 aliphatic heterocycles. The number of aromatic nitrogens is 1. The Morgan fingerprint density at radius 3 is 2.62 bits per heavy atom. The maximum atomic E-state index is 13.0. The standard InChI is InChI=1S/C19H23FN4O2/c1-15(19(25)22-26-14-16-3-2-8-21-13-16)23-9-11-24(12-10-23)18-6-4-17(20)5-7-18/h2-8,13,15H,9-12,14H2,1H3,(H,22,25)/t15-/m0/s1. The molecule has 1 atom stereocenters. The van der Waals surface area contributed by atoms with Gasteiger partial charge in [-0.25, -0.2) is 9.87 Å². The monoisotopic (exact) mass is 358 g/mol. The van der Waals surface area contributed by atoms with E-state index >= 15 is 0 Å². The number of halogens is 1. The molecule has 26 heavy (non-hydrogen) atoms. The van der Waals surface area contributed by atoms with Gasteiger partial charge in [-0.2, -0.15) is 0 Å². The fourth-order valence-electron chi connectivity index (χ4n) is 2.94. The quantitative estimate of drug-likeness (QED) is 0.801. The average Bonchev–Trinajstić information content (AvgIpc) is 2.69. The summed E-state index contributed by atoms with van der Waals surface area (Å²) in [6.45, 7) is 5.25. The van der Waals surface area contributed by atoms with Gasteiger partial charge in [-0.15, -0.1) is 0 Å². The summed E-state index contributed by atoms with van der Waals surface area (Å²) in [5, 5.41) is 0. The first-order valence-corrected chi connectivity index (χ1v) is 8.68. The van der Waals surface area contributed by atoms with Gasteiger partial charge in [0.25, 0.3) is 5.91 Å². The van der Waals surface area contributed by atoms with Crippen molar-refractivity contribution in [3.8, 4) is 0 Å². The second kappa shape index (κ2) is 8.73. The number of piperazine rings is 1. The van der Waals surface area contributed by atoms with E-state index in [0.717, 1.165) is 37.4 Å². The van der Waals surface area contributed by atoms with Crippen molar-refractivity contribution in [2.24, 2.45) is 0 Å². The van der Waals surface area contributed by atoms with E-state index in [2.05, 4.69) is 20.3 Å². The number of carbonyl (C=O) groups is 1. The Morgan fingerprint density at radius 1 is 1.23 bits per heavy atom. The summed E-state index contributed by atoms with van der Waals surface area (Å²) in [5.41, 5.74) is 4.41. The number of anilines is 1. The first-order chi connectivity index (χ1) is 12.6. The third-order valence-corrected chi connectivity index (χ3v) is 4.57. The van der Waals surface area contributed by atoms with Crippen molar-refractivity contribution in [2.75, 3.05) is 31.1 Å². The summed E-state index contributed by atoms with van der Waals surface area (Å²) in [7, 11) is 0. The molecule has 0 radical (unpaired) electrons. The van der Waals surface area contributed by atoms with Crippen LogP contribution in [0.3, 0.4) is 0 Å². The van der Waals surface area contributed by atoms with E-state index in [0.29, 0.717) is 0 Å². The molecule has 0 bridgehead atoms. The molecule has 1 saturated heterocycles. The predicted octanol–water partition coefficient (Wildman–Crippen LogP) is 1.98. The molecule has 2 heterocycles. The third kappa shape index (κ3) is 4.77. The highest BCUT2D eigenvalue weighted by Gasteiger charge is 2.25. The molecule has 6 nitrogen and oxygen atoms in total. The number of hydrogen-bond acceptors (Lipinski definition) is 5. The van der Waals surface area contributed by atoms with Gasteiger partial charge in [0, 0.05) is 44.3 Å². The number of pyridine rings is 1. The smallest absolute Gasteiger partial charge is 0.260 e. The van der Waals surface area contributed by atoms with Gasteiger partial charge in [-0.05, 0) is 42.8 Å². The minimum absolute atomic E-state index is 0.163. The molecule has 3 rings (SSSR count). The highest BCUT2D eigenvalue weighted by molar-refractivity contribution is 5.80. The Morgan fingerprint density at radius 2 is 1.96 bits per heavy atom. The zero-order valence-electron chi connectivity index (χ0n) is 14.8. The number of hydroxylamine groups is 1. The first kappa shape index (κ1) is 18.3. The minimum Gasteiger partial charge on any atom is -0.369 e. The number of nitrogens with zero attached hydrogens (tertiary/aromatic N) is 3. The normalized spacial score (nSPS) is 16.3. The summed E-state index contributed by atoms with van der Waals surface area (Å²) in [5.74, 6) is -0.395. The van der Waals surface area contributed by atoms with Crippen LogP contribution in [0.1, 0.15) is 12.5 Å². The van der Waals surface area contributed by atoms with E-state index in [1.807, 2.05) is 19.1 Å². The lowest BCUT2D eigenvalue weighted by Crippen LogP contribution is -2.53. The zero-order valence-corrected chi connectivity index (χ0v) is 14.8. The Labute approximate surface area is 152 Å². The van der Waals surface area contributed by atoms with E-state index in [9.17, 15) is 9.18 Å². The van der Waals surface area contributed by atoms with Gasteiger partial charge in [0.1, 0.15) is 12.4 Å². The van der Waals surface area contributed by atoms with Crippen LogP contribution in [0.15, 0.2) is 48.8 Å². The van der Waals surface area contributed by atoms with Crippen LogP contribution in [0, 0.1) is 5.82 Å². The van der Waals surface area contributed by atoms with Crippen LogP contribution >= 0.6 is 0 Å². The summed E-state index contributed by atoms with van der Waals surface area (Å²) < 4.78 is 13.0. The zero-order chi connectivity index (χ0) is 18.4. The van der Waals surface area contributed by atoms with Crippen molar-refractivity contribution in [1.29, 1.82) is 0 Å². The van der Waals surface area contributed by atoms with Crippen LogP contribution in [-0.2, 0) is 16.2 Å². The highest BCUT2D eigenvalue weighted by Crippen LogP contribution is 2.17. The maximum absolute atomic E-state index is 13.0. The highest BCUT2D eigenvalue weighted by atomic mass is 19.1. The molecule has 138 valence electrons. The molecule has 1 amide bonds. The largest absolute Gasteiger partial charge is 0.369 e. The molecule has 1 aromatic carbocycles. The van der Waals surface area contributed by atoms with Crippen molar-refractivity contribution in [1.82, 2.24) is 15.4 Å².